The SMILES string of the molecule is O=C1[C@H](CC[C@H](O)c2cccc(Cl)c2)[C@@H](c2ccc(-c3cccc(O)c3)cc2O)N1c1ccccc1. The van der Waals surface area contributed by atoms with E-state index in [0.717, 1.165) is 16.8 Å². The summed E-state index contributed by atoms with van der Waals surface area (Å²) in [6, 6.07) is 28.3. The Bertz CT molecular complexity index is 1390. The highest BCUT2D eigenvalue weighted by molar-refractivity contribution is 6.30. The molecule has 1 amide bonds. The summed E-state index contributed by atoms with van der Waals surface area (Å²) in [5.41, 5.74) is 3.66. The number of benzene rings is 4. The maximum atomic E-state index is 13.3. The molecule has 0 saturated carbocycles. The number of halogens is 1. The average molecular weight is 500 g/mol. The van der Waals surface area contributed by atoms with Gasteiger partial charge in [-0.3, -0.25) is 4.79 Å². The molecule has 0 spiro atoms. The van der Waals surface area contributed by atoms with Gasteiger partial charge in [-0.1, -0.05) is 66.2 Å². The maximum Gasteiger partial charge on any atom is 0.233 e. The second kappa shape index (κ2) is 10.1. The molecular weight excluding hydrogens is 474 g/mol. The summed E-state index contributed by atoms with van der Waals surface area (Å²) >= 11 is 6.07. The predicted octanol–water partition coefficient (Wildman–Crippen LogP) is 6.64. The van der Waals surface area contributed by atoms with Crippen molar-refractivity contribution in [2.45, 2.75) is 25.0 Å². The number of phenolic OH excluding ortho intramolecular Hbond substituents is 2. The third-order valence-corrected chi connectivity index (χ3v) is 7.00. The first-order chi connectivity index (χ1) is 17.4. The molecule has 4 aromatic carbocycles. The number of rotatable bonds is 7. The van der Waals surface area contributed by atoms with Crippen LogP contribution in [0.15, 0.2) is 97.1 Å². The first kappa shape index (κ1) is 23.9. The van der Waals surface area contributed by atoms with Crippen LogP contribution in [0.5, 0.6) is 11.5 Å². The van der Waals surface area contributed by atoms with Crippen molar-refractivity contribution < 1.29 is 20.1 Å². The molecule has 1 aliphatic heterocycles. The van der Waals surface area contributed by atoms with E-state index in [4.69, 9.17) is 11.6 Å². The van der Waals surface area contributed by atoms with Crippen LogP contribution in [0.3, 0.4) is 0 Å². The number of anilines is 1. The van der Waals surface area contributed by atoms with Gasteiger partial charge in [0.2, 0.25) is 5.91 Å². The van der Waals surface area contributed by atoms with Crippen LogP contribution in [0, 0.1) is 5.92 Å². The van der Waals surface area contributed by atoms with Crippen LogP contribution in [-0.4, -0.2) is 21.2 Å². The Kier molecular flexibility index (Phi) is 6.68. The molecule has 1 aliphatic rings. The van der Waals surface area contributed by atoms with E-state index < -0.39 is 12.0 Å². The summed E-state index contributed by atoms with van der Waals surface area (Å²) in [7, 11) is 0. The molecule has 5 nitrogen and oxygen atoms in total. The Morgan fingerprint density at radius 2 is 1.58 bits per heavy atom. The van der Waals surface area contributed by atoms with Gasteiger partial charge in [0.05, 0.1) is 18.1 Å². The molecule has 0 unspecified atom stereocenters. The lowest BCUT2D eigenvalue weighted by molar-refractivity contribution is -0.131. The molecule has 3 atom stereocenters. The van der Waals surface area contributed by atoms with E-state index in [1.165, 1.54) is 0 Å². The van der Waals surface area contributed by atoms with Crippen LogP contribution < -0.4 is 4.90 Å². The second-order valence-corrected chi connectivity index (χ2v) is 9.50. The van der Waals surface area contributed by atoms with Gasteiger partial charge >= 0.3 is 0 Å². The smallest absolute Gasteiger partial charge is 0.233 e. The number of carbonyl (C=O) groups excluding carboxylic acids is 1. The molecule has 0 bridgehead atoms. The number of hydrogen-bond acceptors (Lipinski definition) is 4. The number of nitrogens with zero attached hydrogens (tertiary/aromatic N) is 1. The molecule has 182 valence electrons. The largest absolute Gasteiger partial charge is 0.508 e. The lowest BCUT2D eigenvalue weighted by atomic mass is 9.77. The lowest BCUT2D eigenvalue weighted by Gasteiger charge is -2.48. The Hall–Kier alpha value is -3.80. The van der Waals surface area contributed by atoms with E-state index >= 15 is 0 Å². The number of hydrogen-bond donors (Lipinski definition) is 3. The van der Waals surface area contributed by atoms with Crippen molar-refractivity contribution in [2.24, 2.45) is 5.92 Å². The Morgan fingerprint density at radius 1 is 0.833 bits per heavy atom. The summed E-state index contributed by atoms with van der Waals surface area (Å²) in [5.74, 6) is -0.207. The zero-order chi connectivity index (χ0) is 25.2. The van der Waals surface area contributed by atoms with E-state index in [2.05, 4.69) is 0 Å². The molecule has 4 aromatic rings. The fraction of sp³-hybridized carbons (Fsp3) is 0.167. The fourth-order valence-electron chi connectivity index (χ4n) is 4.94. The summed E-state index contributed by atoms with van der Waals surface area (Å²) < 4.78 is 0. The van der Waals surface area contributed by atoms with Gasteiger partial charge in [-0.25, -0.2) is 0 Å². The molecule has 5 rings (SSSR count). The Balaban J connectivity index is 1.43. The molecule has 36 heavy (non-hydrogen) atoms. The van der Waals surface area contributed by atoms with E-state index in [1.807, 2.05) is 54.6 Å². The number of carbonyl (C=O) groups is 1. The van der Waals surface area contributed by atoms with Crippen molar-refractivity contribution in [2.75, 3.05) is 4.90 Å². The summed E-state index contributed by atoms with van der Waals surface area (Å²) in [4.78, 5) is 15.0. The van der Waals surface area contributed by atoms with E-state index in [-0.39, 0.29) is 23.4 Å². The highest BCUT2D eigenvalue weighted by atomic mass is 35.5. The molecule has 0 radical (unpaired) electrons. The summed E-state index contributed by atoms with van der Waals surface area (Å²) in [6.45, 7) is 0. The van der Waals surface area contributed by atoms with Crippen LogP contribution in [0.2, 0.25) is 5.02 Å². The third-order valence-electron chi connectivity index (χ3n) is 6.76. The van der Waals surface area contributed by atoms with Crippen LogP contribution >= 0.6 is 11.6 Å². The lowest BCUT2D eigenvalue weighted by Crippen LogP contribution is -2.55. The van der Waals surface area contributed by atoms with E-state index in [9.17, 15) is 20.1 Å². The van der Waals surface area contributed by atoms with Crippen LogP contribution in [0.25, 0.3) is 11.1 Å². The molecule has 0 aliphatic carbocycles. The van der Waals surface area contributed by atoms with Gasteiger partial charge in [-0.2, -0.15) is 0 Å². The first-order valence-electron chi connectivity index (χ1n) is 11.9. The summed E-state index contributed by atoms with van der Waals surface area (Å²) in [5, 5.41) is 32.2. The third kappa shape index (κ3) is 4.68. The van der Waals surface area contributed by atoms with Crippen LogP contribution in [0.1, 0.15) is 36.1 Å². The van der Waals surface area contributed by atoms with Gasteiger partial charge in [0, 0.05) is 16.3 Å². The minimum Gasteiger partial charge on any atom is -0.508 e. The van der Waals surface area contributed by atoms with Gasteiger partial charge in [-0.05, 0) is 72.0 Å². The summed E-state index contributed by atoms with van der Waals surface area (Å²) in [6.07, 6.45) is 0.0939. The molecule has 3 N–H and O–H groups in total. The Labute approximate surface area is 214 Å². The number of amides is 1. The van der Waals surface area contributed by atoms with Crippen molar-refractivity contribution in [3.8, 4) is 22.6 Å². The molecule has 0 aromatic heterocycles. The van der Waals surface area contributed by atoms with Gasteiger partial charge < -0.3 is 20.2 Å². The van der Waals surface area contributed by atoms with Gasteiger partial charge in [0.1, 0.15) is 11.5 Å². The highest BCUT2D eigenvalue weighted by Crippen LogP contribution is 2.49. The zero-order valence-electron chi connectivity index (χ0n) is 19.5. The van der Waals surface area contributed by atoms with Crippen LogP contribution in [0.4, 0.5) is 5.69 Å². The molecule has 6 heteroatoms. The minimum atomic E-state index is -0.746. The standard InChI is InChI=1S/C30H26ClNO4/c31-22-8-4-7-21(16-22)27(34)15-14-26-29(32(30(26)36)23-9-2-1-3-10-23)25-13-12-20(18-28(25)35)19-6-5-11-24(33)17-19/h1-13,16-18,26-27,29,33-35H,14-15H2/t26-,27+,29-/m1/s1. The zero-order valence-corrected chi connectivity index (χ0v) is 20.2. The van der Waals surface area contributed by atoms with Crippen molar-refractivity contribution in [1.82, 2.24) is 0 Å². The topological polar surface area (TPSA) is 81.0 Å². The number of aromatic hydroxyl groups is 2. The van der Waals surface area contributed by atoms with Crippen molar-refractivity contribution in [3.05, 3.63) is 113 Å². The van der Waals surface area contributed by atoms with Gasteiger partial charge in [-0.15, -0.1) is 0 Å². The maximum absolute atomic E-state index is 13.3. The number of aliphatic hydroxyl groups is 1. The highest BCUT2D eigenvalue weighted by Gasteiger charge is 2.49. The number of para-hydroxylation sites is 1. The average Bonchev–Trinajstić information content (AvgIpc) is 2.88. The van der Waals surface area contributed by atoms with E-state index in [1.54, 1.807) is 47.4 Å². The number of β-lactam (4-membered cyclic amide) rings is 1. The normalized spacial score (nSPS) is 18.1. The van der Waals surface area contributed by atoms with Crippen molar-refractivity contribution >= 4 is 23.2 Å². The second-order valence-electron chi connectivity index (χ2n) is 9.07. The minimum absolute atomic E-state index is 0.0408. The van der Waals surface area contributed by atoms with Gasteiger partial charge in [0.15, 0.2) is 0 Å². The number of aliphatic hydroxyl groups excluding tert-OH is 1. The molecule has 1 heterocycles. The predicted molar refractivity (Wildman–Crippen MR) is 141 cm³/mol. The fourth-order valence-corrected chi connectivity index (χ4v) is 5.14. The van der Waals surface area contributed by atoms with E-state index in [0.29, 0.717) is 29.0 Å². The van der Waals surface area contributed by atoms with Crippen molar-refractivity contribution in [3.63, 3.8) is 0 Å². The monoisotopic (exact) mass is 499 g/mol. The first-order valence-corrected chi connectivity index (χ1v) is 12.2. The molecule has 1 fully saturated rings. The van der Waals surface area contributed by atoms with Gasteiger partial charge in [0.25, 0.3) is 0 Å². The molecular formula is C30H26ClNO4. The van der Waals surface area contributed by atoms with Crippen molar-refractivity contribution in [1.29, 1.82) is 0 Å². The Morgan fingerprint density at radius 3 is 2.31 bits per heavy atom. The quantitative estimate of drug-likeness (QED) is 0.249. The van der Waals surface area contributed by atoms with Crippen LogP contribution in [-0.2, 0) is 4.79 Å². The number of phenols is 2. The molecule has 1 saturated heterocycles.